The Morgan fingerprint density at radius 2 is 1.62 bits per heavy atom. The Hall–Kier alpha value is -1.39. The Labute approximate surface area is 148 Å². The minimum absolute atomic E-state index is 0.150. The van der Waals surface area contributed by atoms with Crippen molar-refractivity contribution in [1.82, 2.24) is 4.90 Å². The molecule has 1 aliphatic heterocycles. The van der Waals surface area contributed by atoms with E-state index >= 15 is 0 Å². The van der Waals surface area contributed by atoms with Crippen molar-refractivity contribution < 1.29 is 10.2 Å². The third-order valence-corrected chi connectivity index (χ3v) is 5.44. The summed E-state index contributed by atoms with van der Waals surface area (Å²) in [7, 11) is 0. The van der Waals surface area contributed by atoms with Crippen LogP contribution < -0.4 is 0 Å². The highest BCUT2D eigenvalue weighted by atomic mass is 35.5. The van der Waals surface area contributed by atoms with E-state index in [2.05, 4.69) is 17.0 Å². The van der Waals surface area contributed by atoms with Gasteiger partial charge in [0.15, 0.2) is 0 Å². The Morgan fingerprint density at radius 3 is 2.21 bits per heavy atom. The SMILES string of the molecule is OCC1(c2ccccc2)CCN(CC(O)c2ccc(Cl)cc2)CC1. The van der Waals surface area contributed by atoms with Crippen molar-refractivity contribution in [2.45, 2.75) is 24.4 Å². The van der Waals surface area contributed by atoms with Crippen LogP contribution in [0.4, 0.5) is 0 Å². The molecule has 1 aliphatic rings. The van der Waals surface area contributed by atoms with Crippen LogP contribution in [0.2, 0.25) is 5.02 Å². The number of nitrogens with zero attached hydrogens (tertiary/aromatic N) is 1. The lowest BCUT2D eigenvalue weighted by molar-refractivity contribution is 0.0615. The summed E-state index contributed by atoms with van der Waals surface area (Å²) in [6, 6.07) is 17.6. The second-order valence-corrected chi connectivity index (χ2v) is 7.11. The number of halogens is 1. The van der Waals surface area contributed by atoms with E-state index in [1.165, 1.54) is 5.56 Å². The molecule has 4 heteroatoms. The van der Waals surface area contributed by atoms with Crippen molar-refractivity contribution in [3.63, 3.8) is 0 Å². The summed E-state index contributed by atoms with van der Waals surface area (Å²) in [4.78, 5) is 2.27. The molecule has 1 unspecified atom stereocenters. The summed E-state index contributed by atoms with van der Waals surface area (Å²) < 4.78 is 0. The molecule has 3 rings (SSSR count). The van der Waals surface area contributed by atoms with Gasteiger partial charge in [-0.3, -0.25) is 0 Å². The highest BCUT2D eigenvalue weighted by Gasteiger charge is 2.35. The largest absolute Gasteiger partial charge is 0.395 e. The third kappa shape index (κ3) is 3.81. The average Bonchev–Trinajstić information content (AvgIpc) is 2.64. The van der Waals surface area contributed by atoms with Crippen LogP contribution in [0, 0.1) is 0 Å². The Bertz CT molecular complexity index is 636. The average molecular weight is 346 g/mol. The van der Waals surface area contributed by atoms with Crippen molar-refractivity contribution in [2.75, 3.05) is 26.2 Å². The molecule has 3 nitrogen and oxygen atoms in total. The lowest BCUT2D eigenvalue weighted by Crippen LogP contribution is -2.45. The maximum atomic E-state index is 10.4. The molecule has 1 fully saturated rings. The zero-order chi connectivity index (χ0) is 17.0. The minimum atomic E-state index is -0.513. The normalized spacial score (nSPS) is 19.1. The molecule has 0 radical (unpaired) electrons. The third-order valence-electron chi connectivity index (χ3n) is 5.19. The molecule has 1 saturated heterocycles. The molecule has 0 aromatic heterocycles. The van der Waals surface area contributed by atoms with E-state index in [0.717, 1.165) is 31.5 Å². The fourth-order valence-corrected chi connectivity index (χ4v) is 3.65. The monoisotopic (exact) mass is 345 g/mol. The van der Waals surface area contributed by atoms with Crippen LogP contribution in [-0.2, 0) is 5.41 Å². The summed E-state index contributed by atoms with van der Waals surface area (Å²) in [6.07, 6.45) is 1.29. The predicted octanol–water partition coefficient (Wildman–Crippen LogP) is 3.40. The van der Waals surface area contributed by atoms with Crippen LogP contribution in [0.3, 0.4) is 0 Å². The number of benzene rings is 2. The van der Waals surface area contributed by atoms with Gasteiger partial charge in [0, 0.05) is 17.0 Å². The Balaban J connectivity index is 1.61. The van der Waals surface area contributed by atoms with Crippen LogP contribution in [0.1, 0.15) is 30.1 Å². The summed E-state index contributed by atoms with van der Waals surface area (Å²) >= 11 is 5.90. The molecule has 1 heterocycles. The lowest BCUT2D eigenvalue weighted by Gasteiger charge is -2.41. The molecule has 0 aliphatic carbocycles. The van der Waals surface area contributed by atoms with E-state index in [4.69, 9.17) is 11.6 Å². The number of hydrogen-bond donors (Lipinski definition) is 2. The van der Waals surface area contributed by atoms with E-state index in [0.29, 0.717) is 11.6 Å². The number of aliphatic hydroxyl groups is 2. The van der Waals surface area contributed by atoms with Crippen LogP contribution in [0.15, 0.2) is 54.6 Å². The standard InChI is InChI=1S/C20H24ClNO2/c21-18-8-6-16(7-9-18)19(24)14-22-12-10-20(15-23,11-13-22)17-4-2-1-3-5-17/h1-9,19,23-24H,10-15H2. The topological polar surface area (TPSA) is 43.7 Å². The van der Waals surface area contributed by atoms with Gasteiger partial charge >= 0.3 is 0 Å². The quantitative estimate of drug-likeness (QED) is 0.873. The van der Waals surface area contributed by atoms with Gasteiger partial charge in [0.2, 0.25) is 0 Å². The predicted molar refractivity (Wildman–Crippen MR) is 97.3 cm³/mol. The van der Waals surface area contributed by atoms with Crippen molar-refractivity contribution in [3.05, 3.63) is 70.7 Å². The van der Waals surface area contributed by atoms with Crippen LogP contribution >= 0.6 is 11.6 Å². The van der Waals surface area contributed by atoms with Gasteiger partial charge in [0.1, 0.15) is 0 Å². The summed E-state index contributed by atoms with van der Waals surface area (Å²) in [5.74, 6) is 0. The van der Waals surface area contributed by atoms with Crippen molar-refractivity contribution in [3.8, 4) is 0 Å². The van der Waals surface area contributed by atoms with Gasteiger partial charge in [-0.1, -0.05) is 54.1 Å². The summed E-state index contributed by atoms with van der Waals surface area (Å²) in [6.45, 7) is 2.53. The lowest BCUT2D eigenvalue weighted by atomic mass is 9.73. The van der Waals surface area contributed by atoms with Gasteiger partial charge in [-0.2, -0.15) is 0 Å². The molecule has 1 atom stereocenters. The number of likely N-dealkylation sites (tertiary alicyclic amines) is 1. The number of piperidine rings is 1. The molecular formula is C20H24ClNO2. The van der Waals surface area contributed by atoms with Crippen LogP contribution in [-0.4, -0.2) is 41.4 Å². The van der Waals surface area contributed by atoms with Gasteiger partial charge in [-0.25, -0.2) is 0 Å². The molecule has 24 heavy (non-hydrogen) atoms. The minimum Gasteiger partial charge on any atom is -0.395 e. The second-order valence-electron chi connectivity index (χ2n) is 6.67. The van der Waals surface area contributed by atoms with Crippen molar-refractivity contribution in [1.29, 1.82) is 0 Å². The van der Waals surface area contributed by atoms with Crippen LogP contribution in [0.5, 0.6) is 0 Å². The van der Waals surface area contributed by atoms with Gasteiger partial charge in [-0.15, -0.1) is 0 Å². The highest BCUT2D eigenvalue weighted by Crippen LogP contribution is 2.35. The molecule has 2 N–H and O–H groups in total. The first-order valence-electron chi connectivity index (χ1n) is 8.45. The molecular weight excluding hydrogens is 322 g/mol. The Morgan fingerprint density at radius 1 is 1.00 bits per heavy atom. The highest BCUT2D eigenvalue weighted by molar-refractivity contribution is 6.30. The smallest absolute Gasteiger partial charge is 0.0916 e. The van der Waals surface area contributed by atoms with Gasteiger partial charge < -0.3 is 15.1 Å². The molecule has 2 aromatic carbocycles. The van der Waals surface area contributed by atoms with Gasteiger partial charge in [0.25, 0.3) is 0 Å². The first kappa shape index (κ1) is 17.4. The number of rotatable bonds is 5. The fraction of sp³-hybridized carbons (Fsp3) is 0.400. The van der Waals surface area contributed by atoms with Gasteiger partial charge in [0.05, 0.1) is 12.7 Å². The van der Waals surface area contributed by atoms with Crippen LogP contribution in [0.25, 0.3) is 0 Å². The molecule has 0 amide bonds. The second kappa shape index (κ2) is 7.66. The van der Waals surface area contributed by atoms with E-state index in [1.807, 2.05) is 42.5 Å². The molecule has 0 bridgehead atoms. The first-order chi connectivity index (χ1) is 11.6. The summed E-state index contributed by atoms with van der Waals surface area (Å²) in [5.41, 5.74) is 1.95. The van der Waals surface area contributed by atoms with E-state index in [9.17, 15) is 10.2 Å². The number of hydrogen-bond acceptors (Lipinski definition) is 3. The van der Waals surface area contributed by atoms with Gasteiger partial charge in [-0.05, 0) is 49.2 Å². The zero-order valence-corrected chi connectivity index (χ0v) is 14.5. The zero-order valence-electron chi connectivity index (χ0n) is 13.7. The maximum Gasteiger partial charge on any atom is 0.0916 e. The first-order valence-corrected chi connectivity index (χ1v) is 8.83. The number of β-amino-alcohol motifs (C(OH)–C–C–N with tert-alkyl or cyclic N) is 1. The van der Waals surface area contributed by atoms with E-state index in [-0.39, 0.29) is 12.0 Å². The fourth-order valence-electron chi connectivity index (χ4n) is 3.53. The van der Waals surface area contributed by atoms with E-state index in [1.54, 1.807) is 0 Å². The number of aliphatic hydroxyl groups excluding tert-OH is 2. The molecule has 0 saturated carbocycles. The van der Waals surface area contributed by atoms with E-state index < -0.39 is 6.10 Å². The molecule has 128 valence electrons. The molecule has 0 spiro atoms. The summed E-state index contributed by atoms with van der Waals surface area (Å²) in [5, 5.41) is 21.1. The molecule has 2 aromatic rings. The van der Waals surface area contributed by atoms with Crippen molar-refractivity contribution >= 4 is 11.6 Å². The maximum absolute atomic E-state index is 10.4. The Kier molecular flexibility index (Phi) is 5.57. The van der Waals surface area contributed by atoms with Crippen molar-refractivity contribution in [2.24, 2.45) is 0 Å².